The van der Waals surface area contributed by atoms with Crippen molar-refractivity contribution in [2.75, 3.05) is 15.9 Å². The third-order valence-corrected chi connectivity index (χ3v) is 7.19. The molecule has 7 nitrogen and oxygen atoms in total. The number of carbonyl (C=O) groups excluding carboxylic acids is 1. The van der Waals surface area contributed by atoms with E-state index in [1.165, 1.54) is 4.57 Å². The zero-order chi connectivity index (χ0) is 22.2. The minimum absolute atomic E-state index is 0.0976. The second-order valence-electron chi connectivity index (χ2n) is 7.01. The van der Waals surface area contributed by atoms with E-state index in [-0.39, 0.29) is 11.3 Å². The molecule has 2 aromatic carbocycles. The van der Waals surface area contributed by atoms with E-state index in [2.05, 4.69) is 5.32 Å². The highest BCUT2D eigenvalue weighted by molar-refractivity contribution is 7.92. The maximum Gasteiger partial charge on any atom is 0.307 e. The van der Waals surface area contributed by atoms with Crippen LogP contribution in [0.3, 0.4) is 0 Å². The summed E-state index contributed by atoms with van der Waals surface area (Å²) in [4.78, 5) is 24.9. The lowest BCUT2D eigenvalue weighted by molar-refractivity contribution is -0.117. The highest BCUT2D eigenvalue weighted by atomic mass is 35.5. The Morgan fingerprint density at radius 3 is 2.60 bits per heavy atom. The Balaban J connectivity index is 1.98. The number of halogens is 1. The molecule has 1 N–H and O–H groups in total. The van der Waals surface area contributed by atoms with Crippen molar-refractivity contribution in [3.8, 4) is 0 Å². The molecule has 10 heteroatoms. The van der Waals surface area contributed by atoms with E-state index in [9.17, 15) is 18.0 Å². The van der Waals surface area contributed by atoms with E-state index in [0.717, 1.165) is 32.1 Å². The summed E-state index contributed by atoms with van der Waals surface area (Å²) in [6.45, 7) is 3.51. The van der Waals surface area contributed by atoms with Crippen molar-refractivity contribution < 1.29 is 13.2 Å². The summed E-state index contributed by atoms with van der Waals surface area (Å²) < 4.78 is 28.7. The van der Waals surface area contributed by atoms with Crippen molar-refractivity contribution in [1.29, 1.82) is 0 Å². The SMILES string of the molecule is CCC(C(=O)Nc1ccc2c(c1)sc(=O)n2C)N(c1cc(Cl)ccc1C)S(C)(=O)=O. The third-order valence-electron chi connectivity index (χ3n) is 4.80. The van der Waals surface area contributed by atoms with Crippen LogP contribution in [-0.4, -0.2) is 31.2 Å². The van der Waals surface area contributed by atoms with Gasteiger partial charge in [0.15, 0.2) is 0 Å². The minimum atomic E-state index is -3.77. The molecule has 0 fully saturated rings. The van der Waals surface area contributed by atoms with Crippen molar-refractivity contribution in [1.82, 2.24) is 4.57 Å². The predicted molar refractivity (Wildman–Crippen MR) is 123 cm³/mol. The second-order valence-corrected chi connectivity index (χ2v) is 10.3. The van der Waals surface area contributed by atoms with Gasteiger partial charge in [-0.05, 0) is 49.2 Å². The summed E-state index contributed by atoms with van der Waals surface area (Å²) in [5.74, 6) is -0.468. The van der Waals surface area contributed by atoms with Crippen molar-refractivity contribution in [2.45, 2.75) is 26.3 Å². The molecule has 1 amide bonds. The minimum Gasteiger partial charge on any atom is -0.324 e. The smallest absolute Gasteiger partial charge is 0.307 e. The molecule has 0 radical (unpaired) electrons. The van der Waals surface area contributed by atoms with Gasteiger partial charge < -0.3 is 9.88 Å². The first-order chi connectivity index (χ1) is 14.0. The molecule has 3 aromatic rings. The molecule has 0 aliphatic rings. The summed E-state index contributed by atoms with van der Waals surface area (Å²) >= 11 is 7.17. The molecular weight excluding hydrogens is 446 g/mol. The Kier molecular flexibility index (Phi) is 6.26. The molecule has 0 saturated heterocycles. The molecule has 3 rings (SSSR count). The number of rotatable bonds is 6. The zero-order valence-corrected chi connectivity index (χ0v) is 19.4. The summed E-state index contributed by atoms with van der Waals surface area (Å²) in [7, 11) is -2.09. The van der Waals surface area contributed by atoms with Crippen molar-refractivity contribution in [3.05, 3.63) is 56.7 Å². The molecule has 160 valence electrons. The molecule has 0 bridgehead atoms. The molecule has 30 heavy (non-hydrogen) atoms. The van der Waals surface area contributed by atoms with E-state index in [0.29, 0.717) is 22.0 Å². The summed E-state index contributed by atoms with van der Waals surface area (Å²) in [6, 6.07) is 9.10. The molecule has 1 heterocycles. The Morgan fingerprint density at radius 2 is 1.97 bits per heavy atom. The fourth-order valence-electron chi connectivity index (χ4n) is 3.29. The molecule has 1 atom stereocenters. The Hall–Kier alpha value is -2.36. The standard InChI is InChI=1S/C20H22ClN3O4S2/c1-5-15(24(30(4,27)28)17-10-13(21)7-6-12(17)2)19(25)22-14-8-9-16-18(11-14)29-20(26)23(16)3/h6-11,15H,5H2,1-4H3,(H,22,25). The average molecular weight is 468 g/mol. The van der Waals surface area contributed by atoms with Crippen LogP contribution < -0.4 is 14.5 Å². The fourth-order valence-corrected chi connectivity index (χ4v) is 5.64. The van der Waals surface area contributed by atoms with Crippen LogP contribution in [0.15, 0.2) is 41.2 Å². The topological polar surface area (TPSA) is 88.5 Å². The molecule has 0 saturated carbocycles. The molecule has 0 aliphatic heterocycles. The van der Waals surface area contributed by atoms with Gasteiger partial charge >= 0.3 is 4.87 Å². The number of nitrogens with zero attached hydrogens (tertiary/aromatic N) is 2. The Labute approximate surface area is 183 Å². The molecule has 1 unspecified atom stereocenters. The molecule has 1 aromatic heterocycles. The Morgan fingerprint density at radius 1 is 1.27 bits per heavy atom. The van der Waals surface area contributed by atoms with Crippen LogP contribution in [0.25, 0.3) is 10.2 Å². The van der Waals surface area contributed by atoms with Crippen LogP contribution in [0.5, 0.6) is 0 Å². The average Bonchev–Trinajstić information content (AvgIpc) is 2.94. The van der Waals surface area contributed by atoms with Gasteiger partial charge in [0.25, 0.3) is 0 Å². The van der Waals surface area contributed by atoms with E-state index in [1.54, 1.807) is 57.3 Å². The van der Waals surface area contributed by atoms with Gasteiger partial charge in [-0.3, -0.25) is 13.9 Å². The number of hydrogen-bond acceptors (Lipinski definition) is 5. The highest BCUT2D eigenvalue weighted by Gasteiger charge is 2.32. The highest BCUT2D eigenvalue weighted by Crippen LogP contribution is 2.30. The van der Waals surface area contributed by atoms with Crippen LogP contribution in [0.4, 0.5) is 11.4 Å². The van der Waals surface area contributed by atoms with E-state index < -0.39 is 22.0 Å². The van der Waals surface area contributed by atoms with Crippen molar-refractivity contribution >= 4 is 60.5 Å². The van der Waals surface area contributed by atoms with E-state index in [4.69, 9.17) is 11.6 Å². The fraction of sp³-hybridized carbons (Fsp3) is 0.300. The first kappa shape index (κ1) is 22.3. The predicted octanol–water partition coefficient (Wildman–Crippen LogP) is 3.75. The number of hydrogen-bond donors (Lipinski definition) is 1. The van der Waals surface area contributed by atoms with Gasteiger partial charge in [0.05, 0.1) is 22.2 Å². The van der Waals surface area contributed by atoms with Crippen LogP contribution in [0.2, 0.25) is 5.02 Å². The second kappa shape index (κ2) is 8.41. The van der Waals surface area contributed by atoms with Gasteiger partial charge in [0, 0.05) is 17.8 Å². The number of aromatic nitrogens is 1. The summed E-state index contributed by atoms with van der Waals surface area (Å²) in [5, 5.41) is 3.17. The maximum atomic E-state index is 13.1. The van der Waals surface area contributed by atoms with Gasteiger partial charge in [-0.1, -0.05) is 35.9 Å². The van der Waals surface area contributed by atoms with Crippen LogP contribution >= 0.6 is 22.9 Å². The number of aryl methyl sites for hydroxylation is 2. The first-order valence-electron chi connectivity index (χ1n) is 9.19. The third kappa shape index (κ3) is 4.38. The van der Waals surface area contributed by atoms with Crippen LogP contribution in [0, 0.1) is 6.92 Å². The van der Waals surface area contributed by atoms with Crippen LogP contribution in [0.1, 0.15) is 18.9 Å². The number of sulfonamides is 1. The lowest BCUT2D eigenvalue weighted by Gasteiger charge is -2.31. The van der Waals surface area contributed by atoms with Crippen molar-refractivity contribution in [3.63, 3.8) is 0 Å². The Bertz CT molecular complexity index is 1280. The normalized spacial score (nSPS) is 12.7. The monoisotopic (exact) mass is 467 g/mol. The van der Waals surface area contributed by atoms with Gasteiger partial charge in [-0.2, -0.15) is 0 Å². The number of benzene rings is 2. The van der Waals surface area contributed by atoms with Gasteiger partial charge in [-0.25, -0.2) is 8.42 Å². The summed E-state index contributed by atoms with van der Waals surface area (Å²) in [5.41, 5.74) is 2.31. The zero-order valence-electron chi connectivity index (χ0n) is 17.0. The number of anilines is 2. The lowest BCUT2D eigenvalue weighted by atomic mass is 10.1. The number of carbonyl (C=O) groups is 1. The number of fused-ring (bicyclic) bond motifs is 1. The van der Waals surface area contributed by atoms with Crippen LogP contribution in [-0.2, 0) is 21.9 Å². The molecule has 0 spiro atoms. The molecular formula is C20H22ClN3O4S2. The molecule has 0 aliphatic carbocycles. The number of amides is 1. The van der Waals surface area contributed by atoms with Crippen molar-refractivity contribution in [2.24, 2.45) is 7.05 Å². The number of thiazole rings is 1. The number of nitrogens with one attached hydrogen (secondary N) is 1. The maximum absolute atomic E-state index is 13.1. The quantitative estimate of drug-likeness (QED) is 0.598. The first-order valence-corrected chi connectivity index (χ1v) is 12.2. The van der Waals surface area contributed by atoms with Gasteiger partial charge in [0.1, 0.15) is 6.04 Å². The largest absolute Gasteiger partial charge is 0.324 e. The van der Waals surface area contributed by atoms with Gasteiger partial charge in [0.2, 0.25) is 15.9 Å². The van der Waals surface area contributed by atoms with Gasteiger partial charge in [-0.15, -0.1) is 0 Å². The van der Waals surface area contributed by atoms with E-state index >= 15 is 0 Å². The van der Waals surface area contributed by atoms with E-state index in [1.807, 2.05) is 0 Å². The summed E-state index contributed by atoms with van der Waals surface area (Å²) in [6.07, 6.45) is 1.32. The lowest BCUT2D eigenvalue weighted by Crippen LogP contribution is -2.47.